The minimum absolute atomic E-state index is 0.0583. The largest absolute Gasteiger partial charge is 0.508 e. The summed E-state index contributed by atoms with van der Waals surface area (Å²) in [4.78, 5) is 0. The fourth-order valence-corrected chi connectivity index (χ4v) is 2.42. The lowest BCUT2D eigenvalue weighted by Gasteiger charge is -2.14. The van der Waals surface area contributed by atoms with E-state index in [1.807, 2.05) is 31.2 Å². The van der Waals surface area contributed by atoms with E-state index >= 15 is 0 Å². The summed E-state index contributed by atoms with van der Waals surface area (Å²) in [6.07, 6.45) is 1.67. The van der Waals surface area contributed by atoms with Crippen LogP contribution in [0.25, 0.3) is 16.9 Å². The highest BCUT2D eigenvalue weighted by Gasteiger charge is 2.18. The highest BCUT2D eigenvalue weighted by molar-refractivity contribution is 5.66. The number of ether oxygens (including phenoxy) is 2. The lowest BCUT2D eigenvalue weighted by atomic mass is 10.1. The Bertz CT molecular complexity index is 826. The van der Waals surface area contributed by atoms with Gasteiger partial charge in [-0.05, 0) is 6.92 Å². The maximum absolute atomic E-state index is 9.94. The number of nitrogens with zero attached hydrogens (tertiary/aromatic N) is 3. The van der Waals surface area contributed by atoms with Gasteiger partial charge in [0.25, 0.3) is 0 Å². The number of hydrogen-bond donors (Lipinski definition) is 1. The molecule has 0 amide bonds. The number of benzene rings is 2. The van der Waals surface area contributed by atoms with E-state index in [2.05, 4.69) is 10.3 Å². The van der Waals surface area contributed by atoms with Crippen molar-refractivity contribution in [3.63, 3.8) is 0 Å². The summed E-state index contributed by atoms with van der Waals surface area (Å²) in [7, 11) is 3.06. The van der Waals surface area contributed by atoms with Crippen molar-refractivity contribution >= 4 is 0 Å². The van der Waals surface area contributed by atoms with Crippen LogP contribution < -0.4 is 9.47 Å². The molecule has 2 aromatic carbocycles. The Morgan fingerprint density at radius 1 is 1.04 bits per heavy atom. The summed E-state index contributed by atoms with van der Waals surface area (Å²) in [6.45, 7) is 2.03. The predicted octanol–water partition coefficient (Wildman–Crippen LogP) is 2.97. The molecule has 1 N–H and O–H groups in total. The van der Waals surface area contributed by atoms with Crippen molar-refractivity contribution in [2.24, 2.45) is 0 Å². The van der Waals surface area contributed by atoms with Gasteiger partial charge in [0.15, 0.2) is 11.5 Å². The number of aromatic hydroxyl groups is 1. The lowest BCUT2D eigenvalue weighted by Crippen LogP contribution is -2.03. The first-order chi connectivity index (χ1) is 11.1. The molecule has 6 nitrogen and oxygen atoms in total. The first-order valence-corrected chi connectivity index (χ1v) is 7.07. The Balaban J connectivity index is 2.19. The Kier molecular flexibility index (Phi) is 3.89. The summed E-state index contributed by atoms with van der Waals surface area (Å²) in [5.41, 5.74) is 3.47. The Labute approximate surface area is 133 Å². The van der Waals surface area contributed by atoms with Crippen molar-refractivity contribution in [1.29, 1.82) is 0 Å². The van der Waals surface area contributed by atoms with Gasteiger partial charge in [-0.2, -0.15) is 0 Å². The van der Waals surface area contributed by atoms with Crippen LogP contribution >= 0.6 is 0 Å². The van der Waals surface area contributed by atoms with Crippen LogP contribution in [0.4, 0.5) is 0 Å². The summed E-state index contributed by atoms with van der Waals surface area (Å²) in [6, 6.07) is 11.1. The van der Waals surface area contributed by atoms with Crippen molar-refractivity contribution < 1.29 is 14.6 Å². The van der Waals surface area contributed by atoms with E-state index in [9.17, 15) is 5.11 Å². The molecule has 23 heavy (non-hydrogen) atoms. The molecule has 118 valence electrons. The van der Waals surface area contributed by atoms with E-state index in [0.717, 1.165) is 11.3 Å². The van der Waals surface area contributed by atoms with Crippen LogP contribution in [0.15, 0.2) is 42.6 Å². The third-order valence-corrected chi connectivity index (χ3v) is 3.57. The summed E-state index contributed by atoms with van der Waals surface area (Å²) >= 11 is 0. The molecule has 0 atom stereocenters. The zero-order chi connectivity index (χ0) is 16.4. The van der Waals surface area contributed by atoms with Gasteiger partial charge in [0.05, 0.1) is 26.1 Å². The minimum atomic E-state index is 0.0583. The molecule has 3 aromatic rings. The van der Waals surface area contributed by atoms with Crippen molar-refractivity contribution in [2.75, 3.05) is 14.2 Å². The van der Waals surface area contributed by atoms with Gasteiger partial charge < -0.3 is 14.6 Å². The zero-order valence-electron chi connectivity index (χ0n) is 13.1. The molecule has 0 bridgehead atoms. The van der Waals surface area contributed by atoms with Crippen molar-refractivity contribution in [1.82, 2.24) is 15.0 Å². The summed E-state index contributed by atoms with van der Waals surface area (Å²) < 4.78 is 12.3. The highest BCUT2D eigenvalue weighted by atomic mass is 16.5. The maximum atomic E-state index is 9.94. The zero-order valence-corrected chi connectivity index (χ0v) is 13.1. The highest BCUT2D eigenvalue weighted by Crippen LogP contribution is 2.38. The first kappa shape index (κ1) is 14.9. The standard InChI is InChI=1S/C17H17N3O3/c1-11-4-6-12(7-5-11)15-10-18-19-20(15)14-8-13(21)9-16(22-2)17(14)23-3/h4-10,21H,1-3H3. The first-order valence-electron chi connectivity index (χ1n) is 7.07. The molecule has 1 heterocycles. The quantitative estimate of drug-likeness (QED) is 0.802. The predicted molar refractivity (Wildman–Crippen MR) is 86.3 cm³/mol. The van der Waals surface area contributed by atoms with Crippen molar-refractivity contribution in [2.45, 2.75) is 6.92 Å². The molecule has 0 spiro atoms. The second-order valence-corrected chi connectivity index (χ2v) is 5.10. The van der Waals surface area contributed by atoms with Crippen LogP contribution in [-0.2, 0) is 0 Å². The normalized spacial score (nSPS) is 10.6. The molecule has 6 heteroatoms. The van der Waals surface area contributed by atoms with Crippen molar-refractivity contribution in [3.05, 3.63) is 48.2 Å². The van der Waals surface area contributed by atoms with Crippen LogP contribution in [-0.4, -0.2) is 34.3 Å². The molecule has 1 aromatic heterocycles. The van der Waals surface area contributed by atoms with Gasteiger partial charge in [0, 0.05) is 17.7 Å². The number of hydrogen-bond acceptors (Lipinski definition) is 5. The maximum Gasteiger partial charge on any atom is 0.186 e. The molecular formula is C17H17N3O3. The number of methoxy groups -OCH3 is 2. The number of rotatable bonds is 4. The number of aromatic nitrogens is 3. The number of phenolic OH excluding ortho intramolecular Hbond substituents is 1. The van der Waals surface area contributed by atoms with Gasteiger partial charge in [0.2, 0.25) is 0 Å². The van der Waals surface area contributed by atoms with Crippen LogP contribution in [0, 0.1) is 6.92 Å². The van der Waals surface area contributed by atoms with E-state index in [1.54, 1.807) is 24.1 Å². The molecule has 0 radical (unpaired) electrons. The second-order valence-electron chi connectivity index (χ2n) is 5.10. The lowest BCUT2D eigenvalue weighted by molar-refractivity contribution is 0.349. The van der Waals surface area contributed by atoms with E-state index in [-0.39, 0.29) is 5.75 Å². The number of aryl methyl sites for hydroxylation is 1. The molecule has 0 fully saturated rings. The van der Waals surface area contributed by atoms with Gasteiger partial charge in [-0.15, -0.1) is 5.10 Å². The Morgan fingerprint density at radius 2 is 1.78 bits per heavy atom. The van der Waals surface area contributed by atoms with Gasteiger partial charge in [-0.3, -0.25) is 0 Å². The van der Waals surface area contributed by atoms with E-state index < -0.39 is 0 Å². The van der Waals surface area contributed by atoms with Crippen molar-refractivity contribution in [3.8, 4) is 34.2 Å². The van der Waals surface area contributed by atoms with Crippen LogP contribution in [0.1, 0.15) is 5.56 Å². The molecule has 0 saturated carbocycles. The third-order valence-electron chi connectivity index (χ3n) is 3.57. The van der Waals surface area contributed by atoms with Gasteiger partial charge in [-0.1, -0.05) is 35.0 Å². The van der Waals surface area contributed by atoms with Gasteiger partial charge >= 0.3 is 0 Å². The topological polar surface area (TPSA) is 69.4 Å². The smallest absolute Gasteiger partial charge is 0.186 e. The molecule has 0 aliphatic heterocycles. The summed E-state index contributed by atoms with van der Waals surface area (Å²) in [5.74, 6) is 0.958. The van der Waals surface area contributed by atoms with Gasteiger partial charge in [0.1, 0.15) is 11.4 Å². The number of phenols is 1. The molecule has 0 unspecified atom stereocenters. The third kappa shape index (κ3) is 2.70. The second kappa shape index (κ2) is 6.00. The molecule has 3 rings (SSSR count). The summed E-state index contributed by atoms with van der Waals surface area (Å²) in [5, 5.41) is 18.1. The van der Waals surface area contributed by atoms with E-state index in [4.69, 9.17) is 9.47 Å². The van der Waals surface area contributed by atoms with E-state index in [1.165, 1.54) is 18.7 Å². The Hall–Kier alpha value is -3.02. The van der Waals surface area contributed by atoms with Crippen LogP contribution in [0.5, 0.6) is 17.2 Å². The molecule has 0 saturated heterocycles. The van der Waals surface area contributed by atoms with Crippen LogP contribution in [0.2, 0.25) is 0 Å². The molecular weight excluding hydrogens is 294 g/mol. The van der Waals surface area contributed by atoms with Crippen LogP contribution in [0.3, 0.4) is 0 Å². The average Bonchev–Trinajstić information content (AvgIpc) is 3.04. The SMILES string of the molecule is COc1cc(O)cc(-n2nncc2-c2ccc(C)cc2)c1OC. The fraction of sp³-hybridized carbons (Fsp3) is 0.176. The van der Waals surface area contributed by atoms with E-state index in [0.29, 0.717) is 17.2 Å². The Morgan fingerprint density at radius 3 is 2.43 bits per heavy atom. The monoisotopic (exact) mass is 311 g/mol. The average molecular weight is 311 g/mol. The minimum Gasteiger partial charge on any atom is -0.508 e. The fourth-order valence-electron chi connectivity index (χ4n) is 2.42. The van der Waals surface area contributed by atoms with Gasteiger partial charge in [-0.25, -0.2) is 4.68 Å². The molecule has 0 aliphatic rings. The molecule has 0 aliphatic carbocycles.